The van der Waals surface area contributed by atoms with Gasteiger partial charge in [-0.05, 0) is 68.3 Å². The zero-order valence-electron chi connectivity index (χ0n) is 9.59. The molecule has 5 heteroatoms. The van der Waals surface area contributed by atoms with Crippen LogP contribution < -0.4 is 0 Å². The number of benzene rings is 2. The van der Waals surface area contributed by atoms with E-state index >= 15 is 0 Å². The molecule has 0 heterocycles. The molecule has 2 aromatic rings. The molecule has 2 rings (SSSR count). The normalized spacial score (nSPS) is 10.5. The Kier molecular flexibility index (Phi) is 4.67. The van der Waals surface area contributed by atoms with Gasteiger partial charge in [0.05, 0.1) is 4.47 Å². The summed E-state index contributed by atoms with van der Waals surface area (Å²) >= 11 is 5.09. The van der Waals surface area contributed by atoms with Crippen molar-refractivity contribution < 1.29 is 13.6 Å². The lowest BCUT2D eigenvalue weighted by Crippen LogP contribution is -2.06. The fraction of sp³-hybridized carbons (Fsp3) is 0.0714. The van der Waals surface area contributed by atoms with Crippen LogP contribution in [0.3, 0.4) is 0 Å². The van der Waals surface area contributed by atoms with Crippen LogP contribution in [0.25, 0.3) is 0 Å². The Balaban J connectivity index is 2.25. The van der Waals surface area contributed by atoms with Crippen LogP contribution in [0, 0.1) is 15.2 Å². The molecule has 0 aliphatic heterocycles. The van der Waals surface area contributed by atoms with E-state index in [1.165, 1.54) is 6.07 Å². The van der Waals surface area contributed by atoms with Gasteiger partial charge in [0.15, 0.2) is 17.4 Å². The topological polar surface area (TPSA) is 17.1 Å². The van der Waals surface area contributed by atoms with Crippen molar-refractivity contribution in [3.05, 3.63) is 67.2 Å². The van der Waals surface area contributed by atoms with Crippen molar-refractivity contribution in [2.45, 2.75) is 6.42 Å². The molecule has 0 unspecified atom stereocenters. The highest BCUT2D eigenvalue weighted by molar-refractivity contribution is 14.1. The first-order valence-electron chi connectivity index (χ1n) is 5.40. The molecule has 0 saturated heterocycles. The highest BCUT2D eigenvalue weighted by Gasteiger charge is 2.16. The van der Waals surface area contributed by atoms with E-state index in [2.05, 4.69) is 38.5 Å². The molecule has 19 heavy (non-hydrogen) atoms. The minimum Gasteiger partial charge on any atom is -0.294 e. The third-order valence-corrected chi connectivity index (χ3v) is 4.11. The van der Waals surface area contributed by atoms with Crippen LogP contribution in [0.1, 0.15) is 15.9 Å². The zero-order chi connectivity index (χ0) is 14.0. The van der Waals surface area contributed by atoms with Gasteiger partial charge in [-0.3, -0.25) is 4.79 Å². The van der Waals surface area contributed by atoms with Gasteiger partial charge < -0.3 is 0 Å². The Morgan fingerprint density at radius 1 is 1.11 bits per heavy atom. The van der Waals surface area contributed by atoms with E-state index in [4.69, 9.17) is 0 Å². The first kappa shape index (κ1) is 14.6. The van der Waals surface area contributed by atoms with Gasteiger partial charge in [-0.25, -0.2) is 8.78 Å². The summed E-state index contributed by atoms with van der Waals surface area (Å²) in [7, 11) is 0. The number of halogens is 4. The first-order chi connectivity index (χ1) is 8.99. The van der Waals surface area contributed by atoms with Crippen LogP contribution in [0.2, 0.25) is 0 Å². The summed E-state index contributed by atoms with van der Waals surface area (Å²) in [5, 5.41) is 0. The predicted molar refractivity (Wildman–Crippen MR) is 81.3 cm³/mol. The van der Waals surface area contributed by atoms with Crippen molar-refractivity contribution in [3.8, 4) is 0 Å². The maximum absolute atomic E-state index is 13.4. The van der Waals surface area contributed by atoms with E-state index in [0.717, 1.165) is 15.2 Å². The van der Waals surface area contributed by atoms with Gasteiger partial charge >= 0.3 is 0 Å². The van der Waals surface area contributed by atoms with Gasteiger partial charge in [-0.1, -0.05) is 12.1 Å². The van der Waals surface area contributed by atoms with Gasteiger partial charge in [-0.2, -0.15) is 0 Å². The summed E-state index contributed by atoms with van der Waals surface area (Å²) in [6.07, 6.45) is 0.153. The molecule has 0 amide bonds. The highest BCUT2D eigenvalue weighted by Crippen LogP contribution is 2.24. The summed E-state index contributed by atoms with van der Waals surface area (Å²) in [4.78, 5) is 12.1. The van der Waals surface area contributed by atoms with Crippen LogP contribution in [0.5, 0.6) is 0 Å². The van der Waals surface area contributed by atoms with Gasteiger partial charge in [0.2, 0.25) is 0 Å². The van der Waals surface area contributed by atoms with Gasteiger partial charge in [-0.15, -0.1) is 0 Å². The lowest BCUT2D eigenvalue weighted by Gasteiger charge is -2.06. The van der Waals surface area contributed by atoms with Crippen molar-refractivity contribution >= 4 is 44.3 Å². The Bertz CT molecular complexity index is 626. The second kappa shape index (κ2) is 6.09. The molecule has 0 radical (unpaired) electrons. The molecule has 0 saturated carbocycles. The van der Waals surface area contributed by atoms with E-state index in [1.54, 1.807) is 0 Å². The smallest absolute Gasteiger partial charge is 0.173 e. The van der Waals surface area contributed by atoms with Crippen LogP contribution >= 0.6 is 38.5 Å². The molecular weight excluding hydrogens is 429 g/mol. The van der Waals surface area contributed by atoms with Crippen molar-refractivity contribution in [1.29, 1.82) is 0 Å². The summed E-state index contributed by atoms with van der Waals surface area (Å²) in [6.45, 7) is 0. The molecule has 0 fully saturated rings. The van der Waals surface area contributed by atoms with Crippen LogP contribution in [0.4, 0.5) is 8.78 Å². The summed E-state index contributed by atoms with van der Waals surface area (Å²) in [5.41, 5.74) is 0.986. The van der Waals surface area contributed by atoms with Gasteiger partial charge in [0.25, 0.3) is 0 Å². The van der Waals surface area contributed by atoms with E-state index in [9.17, 15) is 13.6 Å². The first-order valence-corrected chi connectivity index (χ1v) is 7.27. The van der Waals surface area contributed by atoms with Crippen LogP contribution in [-0.2, 0) is 6.42 Å². The molecule has 0 atom stereocenters. The fourth-order valence-electron chi connectivity index (χ4n) is 1.62. The van der Waals surface area contributed by atoms with Crippen molar-refractivity contribution in [3.63, 3.8) is 0 Å². The Morgan fingerprint density at radius 3 is 2.37 bits per heavy atom. The summed E-state index contributed by atoms with van der Waals surface area (Å²) < 4.78 is 27.3. The number of carbonyl (C=O) groups excluding carboxylic acids is 1. The molecule has 1 nitrogen and oxygen atoms in total. The molecule has 0 bridgehead atoms. The molecular formula is C14H8BrF2IO. The van der Waals surface area contributed by atoms with Crippen LogP contribution in [0.15, 0.2) is 40.9 Å². The fourth-order valence-corrected chi connectivity index (χ4v) is 2.53. The number of Topliss-reactive ketones (excluding diaryl/α,β-unsaturated/α-hetero) is 1. The number of ketones is 1. The van der Waals surface area contributed by atoms with Gasteiger partial charge in [0.1, 0.15) is 0 Å². The Labute approximate surface area is 131 Å². The average molecular weight is 437 g/mol. The lowest BCUT2D eigenvalue weighted by molar-refractivity contribution is 0.0991. The van der Waals surface area contributed by atoms with Crippen molar-refractivity contribution in [1.82, 2.24) is 0 Å². The standard InChI is InChI=1S/C14H8BrF2IO/c15-13-10(5-6-11(16)14(13)17)12(19)7-8-1-3-9(18)4-2-8/h1-6H,7H2. The van der Waals surface area contributed by atoms with E-state index in [-0.39, 0.29) is 22.2 Å². The Morgan fingerprint density at radius 2 is 1.74 bits per heavy atom. The van der Waals surface area contributed by atoms with Gasteiger partial charge in [0, 0.05) is 15.6 Å². The molecule has 0 spiro atoms. The molecule has 0 N–H and O–H groups in total. The number of rotatable bonds is 3. The second-order valence-electron chi connectivity index (χ2n) is 3.95. The quantitative estimate of drug-likeness (QED) is 0.385. The minimum atomic E-state index is -1.03. The van der Waals surface area contributed by atoms with E-state index in [0.29, 0.717) is 0 Å². The molecule has 0 aliphatic carbocycles. The summed E-state index contributed by atoms with van der Waals surface area (Å²) in [5.74, 6) is -2.27. The average Bonchev–Trinajstić information content (AvgIpc) is 2.39. The third kappa shape index (κ3) is 3.39. The van der Waals surface area contributed by atoms with Crippen molar-refractivity contribution in [2.75, 3.05) is 0 Å². The largest absolute Gasteiger partial charge is 0.294 e. The van der Waals surface area contributed by atoms with Crippen LogP contribution in [-0.4, -0.2) is 5.78 Å². The second-order valence-corrected chi connectivity index (χ2v) is 5.99. The number of hydrogen-bond acceptors (Lipinski definition) is 1. The molecule has 0 aliphatic rings. The monoisotopic (exact) mass is 436 g/mol. The molecule has 2 aromatic carbocycles. The van der Waals surface area contributed by atoms with Crippen molar-refractivity contribution in [2.24, 2.45) is 0 Å². The Hall–Kier alpha value is -0.820. The molecule has 0 aromatic heterocycles. The minimum absolute atomic E-state index is 0.122. The lowest BCUT2D eigenvalue weighted by atomic mass is 10.0. The summed E-state index contributed by atoms with van der Waals surface area (Å²) in [6, 6.07) is 9.71. The third-order valence-electron chi connectivity index (χ3n) is 2.61. The van der Waals surface area contributed by atoms with E-state index in [1.807, 2.05) is 24.3 Å². The SMILES string of the molecule is O=C(Cc1ccc(I)cc1)c1ccc(F)c(F)c1Br. The number of hydrogen-bond donors (Lipinski definition) is 0. The zero-order valence-corrected chi connectivity index (χ0v) is 13.3. The maximum atomic E-state index is 13.4. The predicted octanol–water partition coefficient (Wildman–Crippen LogP) is 4.76. The maximum Gasteiger partial charge on any atom is 0.173 e. The van der Waals surface area contributed by atoms with E-state index < -0.39 is 11.6 Å². The number of carbonyl (C=O) groups is 1. The molecule has 98 valence electrons. The highest BCUT2D eigenvalue weighted by atomic mass is 127.